The Bertz CT molecular complexity index is 590. The van der Waals surface area contributed by atoms with Gasteiger partial charge in [-0.1, -0.05) is 13.0 Å². The maximum atomic E-state index is 10.8. The Kier molecular flexibility index (Phi) is 5.76. The van der Waals surface area contributed by atoms with Gasteiger partial charge in [0.25, 0.3) is 5.69 Å². The van der Waals surface area contributed by atoms with E-state index in [-0.39, 0.29) is 5.69 Å². The van der Waals surface area contributed by atoms with Crippen molar-refractivity contribution in [2.75, 3.05) is 13.1 Å². The number of hydrogen-bond donors (Lipinski definition) is 1. The maximum absolute atomic E-state index is 10.8. The van der Waals surface area contributed by atoms with E-state index >= 15 is 0 Å². The summed E-state index contributed by atoms with van der Waals surface area (Å²) < 4.78 is 3.15. The summed E-state index contributed by atoms with van der Waals surface area (Å²) in [5.74, 6) is 1.11. The van der Waals surface area contributed by atoms with E-state index in [0.717, 1.165) is 17.9 Å². The molecular formula is C14H19N5O2S. The zero-order valence-electron chi connectivity index (χ0n) is 12.6. The lowest BCUT2D eigenvalue weighted by Gasteiger charge is -2.18. The molecule has 1 aromatic carbocycles. The van der Waals surface area contributed by atoms with E-state index in [1.54, 1.807) is 6.07 Å². The van der Waals surface area contributed by atoms with Gasteiger partial charge in [-0.3, -0.25) is 19.8 Å². The number of nitro groups is 1. The highest BCUT2D eigenvalue weighted by Gasteiger charge is 2.20. The highest BCUT2D eigenvalue weighted by atomic mass is 32.2. The number of rotatable bonds is 5. The zero-order chi connectivity index (χ0) is 15.9. The largest absolute Gasteiger partial charge is 0.295 e. The van der Waals surface area contributed by atoms with Gasteiger partial charge in [-0.05, 0) is 31.4 Å². The van der Waals surface area contributed by atoms with E-state index in [9.17, 15) is 10.1 Å². The molecule has 0 saturated carbocycles. The van der Waals surface area contributed by atoms with Crippen molar-refractivity contribution in [1.29, 1.82) is 0 Å². The van der Waals surface area contributed by atoms with E-state index in [0.29, 0.717) is 18.4 Å². The van der Waals surface area contributed by atoms with Crippen molar-refractivity contribution in [2.24, 2.45) is 16.0 Å². The summed E-state index contributed by atoms with van der Waals surface area (Å²) in [7, 11) is 0. The van der Waals surface area contributed by atoms with E-state index in [1.807, 2.05) is 24.2 Å². The highest BCUT2D eigenvalue weighted by Crippen LogP contribution is 2.21. The van der Waals surface area contributed by atoms with Gasteiger partial charge in [-0.2, -0.15) is 5.10 Å². The van der Waals surface area contributed by atoms with Crippen LogP contribution in [0.25, 0.3) is 0 Å². The maximum Gasteiger partial charge on any atom is 0.270 e. The minimum atomic E-state index is -0.401. The van der Waals surface area contributed by atoms with Crippen molar-refractivity contribution in [2.45, 2.75) is 25.2 Å². The molecule has 8 heteroatoms. The number of nitrogens with zero attached hydrogens (tertiary/aromatic N) is 4. The topological polar surface area (TPSA) is 83.1 Å². The first-order valence-corrected chi connectivity index (χ1v) is 7.99. The quantitative estimate of drug-likeness (QED) is 0.296. The summed E-state index contributed by atoms with van der Waals surface area (Å²) in [6, 6.07) is 6.49. The van der Waals surface area contributed by atoms with Gasteiger partial charge in [-0.15, -0.1) is 0 Å². The van der Waals surface area contributed by atoms with Crippen LogP contribution < -0.4 is 4.72 Å². The SMILES string of the molecule is CCN=C(NSc1cccc([N+](=O)[O-])c1)N1CC(CC)C=N1. The van der Waals surface area contributed by atoms with Gasteiger partial charge in [0.1, 0.15) is 0 Å². The predicted molar refractivity (Wildman–Crippen MR) is 89.0 cm³/mol. The van der Waals surface area contributed by atoms with E-state index in [4.69, 9.17) is 0 Å². The molecule has 0 saturated heterocycles. The van der Waals surface area contributed by atoms with Crippen LogP contribution in [-0.2, 0) is 0 Å². The second kappa shape index (κ2) is 7.79. The van der Waals surface area contributed by atoms with E-state index < -0.39 is 4.92 Å². The molecule has 7 nitrogen and oxygen atoms in total. The van der Waals surface area contributed by atoms with Gasteiger partial charge >= 0.3 is 0 Å². The Labute approximate surface area is 133 Å². The lowest BCUT2D eigenvalue weighted by atomic mass is 10.1. The molecule has 1 heterocycles. The van der Waals surface area contributed by atoms with Crippen LogP contribution in [0.4, 0.5) is 5.69 Å². The number of aliphatic imine (C=N–C) groups is 1. The lowest BCUT2D eigenvalue weighted by Crippen LogP contribution is -2.34. The van der Waals surface area contributed by atoms with Crippen molar-refractivity contribution in [3.8, 4) is 0 Å². The molecule has 0 aromatic heterocycles. The first-order chi connectivity index (χ1) is 10.6. The number of guanidine groups is 1. The Balaban J connectivity index is 2.01. The number of nitro benzene ring substituents is 1. The second-order valence-corrected chi connectivity index (χ2v) is 5.65. The molecule has 1 aliphatic heterocycles. The van der Waals surface area contributed by atoms with Crippen LogP contribution in [0.5, 0.6) is 0 Å². The summed E-state index contributed by atoms with van der Waals surface area (Å²) in [4.78, 5) is 15.6. The van der Waals surface area contributed by atoms with Gasteiger partial charge in [0, 0.05) is 35.7 Å². The number of hydrogen-bond acceptors (Lipinski definition) is 5. The molecule has 0 fully saturated rings. The van der Waals surface area contributed by atoms with Crippen LogP contribution in [0.15, 0.2) is 39.3 Å². The van der Waals surface area contributed by atoms with Gasteiger partial charge in [0.2, 0.25) is 5.96 Å². The van der Waals surface area contributed by atoms with Gasteiger partial charge in [0.05, 0.1) is 11.5 Å². The standard InChI is InChI=1S/C14H19N5O2S/c1-3-11-9-16-18(10-11)14(15-4-2)17-22-13-7-5-6-12(8-13)19(20)21/h5-9,11H,3-4,10H2,1-2H3,(H,15,17). The fourth-order valence-corrected chi connectivity index (χ4v) is 2.65. The van der Waals surface area contributed by atoms with Crippen LogP contribution in [0.2, 0.25) is 0 Å². The van der Waals surface area contributed by atoms with Gasteiger partial charge in [0.15, 0.2) is 0 Å². The van der Waals surface area contributed by atoms with Gasteiger partial charge in [-0.25, -0.2) is 5.01 Å². The molecule has 0 amide bonds. The summed E-state index contributed by atoms with van der Waals surface area (Å²) >= 11 is 1.29. The third-order valence-electron chi connectivity index (χ3n) is 3.19. The molecule has 118 valence electrons. The minimum Gasteiger partial charge on any atom is -0.295 e. The normalized spacial score (nSPS) is 17.8. The van der Waals surface area contributed by atoms with Crippen LogP contribution in [0, 0.1) is 16.0 Å². The second-order valence-electron chi connectivity index (χ2n) is 4.77. The fourth-order valence-electron chi connectivity index (χ4n) is 1.95. The summed E-state index contributed by atoms with van der Waals surface area (Å²) in [6.45, 7) is 5.53. The zero-order valence-corrected chi connectivity index (χ0v) is 13.4. The number of hydrazone groups is 1. The van der Waals surface area contributed by atoms with Crippen LogP contribution in [0.3, 0.4) is 0 Å². The molecule has 1 atom stereocenters. The van der Waals surface area contributed by atoms with Crippen molar-refractivity contribution < 1.29 is 4.92 Å². The molecule has 1 unspecified atom stereocenters. The third-order valence-corrected chi connectivity index (χ3v) is 3.96. The van der Waals surface area contributed by atoms with Crippen LogP contribution >= 0.6 is 11.9 Å². The van der Waals surface area contributed by atoms with Crippen LogP contribution in [0.1, 0.15) is 20.3 Å². The lowest BCUT2D eigenvalue weighted by molar-refractivity contribution is -0.385. The molecule has 0 aliphatic carbocycles. The van der Waals surface area contributed by atoms with Crippen molar-refractivity contribution >= 4 is 29.8 Å². The van der Waals surface area contributed by atoms with Crippen molar-refractivity contribution in [3.05, 3.63) is 34.4 Å². The predicted octanol–water partition coefficient (Wildman–Crippen LogP) is 2.90. The molecule has 1 N–H and O–H groups in total. The molecule has 1 aliphatic rings. The third kappa shape index (κ3) is 4.20. The highest BCUT2D eigenvalue weighted by molar-refractivity contribution is 7.98. The van der Waals surface area contributed by atoms with E-state index in [2.05, 4.69) is 21.7 Å². The smallest absolute Gasteiger partial charge is 0.270 e. The Morgan fingerprint density at radius 1 is 1.59 bits per heavy atom. The molecule has 2 rings (SSSR count). The molecule has 0 radical (unpaired) electrons. The van der Waals surface area contributed by atoms with Crippen molar-refractivity contribution in [3.63, 3.8) is 0 Å². The number of benzene rings is 1. The summed E-state index contributed by atoms with van der Waals surface area (Å²) in [5.41, 5.74) is 0.0750. The Morgan fingerprint density at radius 3 is 3.05 bits per heavy atom. The first kappa shape index (κ1) is 16.3. The molecular weight excluding hydrogens is 302 g/mol. The first-order valence-electron chi connectivity index (χ1n) is 7.17. The minimum absolute atomic E-state index is 0.0750. The molecule has 1 aromatic rings. The van der Waals surface area contributed by atoms with Crippen molar-refractivity contribution in [1.82, 2.24) is 9.73 Å². The molecule has 22 heavy (non-hydrogen) atoms. The average molecular weight is 321 g/mol. The summed E-state index contributed by atoms with van der Waals surface area (Å²) in [6.07, 6.45) is 2.97. The number of nitrogens with one attached hydrogen (secondary N) is 1. The summed E-state index contributed by atoms with van der Waals surface area (Å²) in [5, 5.41) is 17.0. The number of non-ortho nitro benzene ring substituents is 1. The fraction of sp³-hybridized carbons (Fsp3) is 0.429. The molecule has 0 spiro atoms. The Hall–Kier alpha value is -2.09. The average Bonchev–Trinajstić information content (AvgIpc) is 3.00. The molecule has 0 bridgehead atoms. The van der Waals surface area contributed by atoms with Crippen LogP contribution in [-0.4, -0.2) is 35.2 Å². The van der Waals surface area contributed by atoms with Gasteiger partial charge < -0.3 is 0 Å². The monoisotopic (exact) mass is 321 g/mol. The Morgan fingerprint density at radius 2 is 2.41 bits per heavy atom. The van der Waals surface area contributed by atoms with E-state index in [1.165, 1.54) is 24.1 Å².